The minimum absolute atomic E-state index is 0. The standard InChI is InChI=1S/C25H28N4O2S.Mg.2H/c1-18-8-10-20(11-9-18)16-29(3)14-15-31-24-12-13-26-23(19(24)2)17-32(30)25-27-21-6-4-5-7-22(21)28-25;;;/h4-13H,14-17H2,1-3H3,(H,27,28);;;/q;+2;2*-1. The molecule has 0 saturated heterocycles. The molecule has 0 spiro atoms. The molecule has 0 aliphatic heterocycles. The van der Waals surface area contributed by atoms with Crippen LogP contribution >= 0.6 is 0 Å². The number of hydrogen-bond acceptors (Lipinski definition) is 5. The van der Waals surface area contributed by atoms with Crippen LogP contribution in [0, 0.1) is 13.8 Å². The molecule has 8 heteroatoms. The van der Waals surface area contributed by atoms with E-state index < -0.39 is 10.8 Å². The van der Waals surface area contributed by atoms with Crippen LogP contribution in [0.4, 0.5) is 0 Å². The number of para-hydroxylation sites is 2. The Hall–Kier alpha value is -2.26. The van der Waals surface area contributed by atoms with Crippen molar-refractivity contribution >= 4 is 44.9 Å². The van der Waals surface area contributed by atoms with Crippen LogP contribution < -0.4 is 4.74 Å². The van der Waals surface area contributed by atoms with E-state index in [0.717, 1.165) is 41.1 Å². The van der Waals surface area contributed by atoms with E-state index in [2.05, 4.69) is 58.1 Å². The van der Waals surface area contributed by atoms with Crippen molar-refractivity contribution in [2.24, 2.45) is 0 Å². The van der Waals surface area contributed by atoms with E-state index in [0.29, 0.717) is 11.8 Å². The Bertz CT molecular complexity index is 1200. The van der Waals surface area contributed by atoms with E-state index in [9.17, 15) is 4.21 Å². The first-order valence-electron chi connectivity index (χ1n) is 10.6. The maximum atomic E-state index is 12.9. The monoisotopic (exact) mass is 474 g/mol. The third-order valence-corrected chi connectivity index (χ3v) is 6.57. The van der Waals surface area contributed by atoms with Gasteiger partial charge in [-0.3, -0.25) is 14.1 Å². The Morgan fingerprint density at radius 1 is 1.09 bits per heavy atom. The average Bonchev–Trinajstić information content (AvgIpc) is 3.22. The zero-order valence-corrected chi connectivity index (χ0v) is 21.6. The van der Waals surface area contributed by atoms with E-state index in [-0.39, 0.29) is 31.7 Å². The minimum atomic E-state index is -1.32. The van der Waals surface area contributed by atoms with Crippen molar-refractivity contribution < 1.29 is 11.8 Å². The van der Waals surface area contributed by atoms with Crippen molar-refractivity contribution in [2.45, 2.75) is 31.3 Å². The summed E-state index contributed by atoms with van der Waals surface area (Å²) in [5, 5.41) is 0.469. The topological polar surface area (TPSA) is 71.1 Å². The first-order valence-corrected chi connectivity index (χ1v) is 12.0. The Kier molecular flexibility index (Phi) is 9.02. The van der Waals surface area contributed by atoms with Crippen LogP contribution in [0.1, 0.15) is 25.2 Å². The SMILES string of the molecule is Cc1ccc(CN(C)CCOc2ccnc(CS(=O)c3nc4ccccc4[nH]3)c2C)cc1.[H-].[H-].[Mg+2]. The molecule has 4 aromatic rings. The number of aromatic nitrogens is 3. The molecule has 0 saturated carbocycles. The summed E-state index contributed by atoms with van der Waals surface area (Å²) >= 11 is 0. The van der Waals surface area contributed by atoms with Gasteiger partial charge in [0.1, 0.15) is 12.4 Å². The fourth-order valence-electron chi connectivity index (χ4n) is 3.49. The van der Waals surface area contributed by atoms with Crippen LogP contribution in [0.5, 0.6) is 5.75 Å². The zero-order chi connectivity index (χ0) is 22.5. The van der Waals surface area contributed by atoms with Crippen LogP contribution in [0.2, 0.25) is 0 Å². The minimum Gasteiger partial charge on any atom is -1.00 e. The summed E-state index contributed by atoms with van der Waals surface area (Å²) in [7, 11) is 0.772. The van der Waals surface area contributed by atoms with Crippen molar-refractivity contribution in [1.29, 1.82) is 0 Å². The molecule has 33 heavy (non-hydrogen) atoms. The Morgan fingerprint density at radius 2 is 1.85 bits per heavy atom. The smallest absolute Gasteiger partial charge is 1.00 e. The third kappa shape index (κ3) is 6.63. The predicted molar refractivity (Wildman–Crippen MR) is 136 cm³/mol. The number of likely N-dealkylation sites (N-methyl/N-ethyl adjacent to an activating group) is 1. The van der Waals surface area contributed by atoms with Crippen LogP contribution in [0.3, 0.4) is 0 Å². The van der Waals surface area contributed by atoms with Crippen LogP contribution in [-0.2, 0) is 23.1 Å². The maximum absolute atomic E-state index is 12.9. The molecular formula is C25H30MgN4O2S. The molecule has 2 aromatic carbocycles. The zero-order valence-electron chi connectivity index (χ0n) is 21.4. The number of nitrogens with one attached hydrogen (secondary N) is 1. The van der Waals surface area contributed by atoms with Gasteiger partial charge in [-0.1, -0.05) is 42.0 Å². The number of pyridine rings is 1. The molecule has 1 atom stereocenters. The second-order valence-electron chi connectivity index (χ2n) is 8.00. The summed E-state index contributed by atoms with van der Waals surface area (Å²) in [6.45, 7) is 6.30. The number of imidazole rings is 1. The summed E-state index contributed by atoms with van der Waals surface area (Å²) in [5.41, 5.74) is 5.92. The summed E-state index contributed by atoms with van der Waals surface area (Å²) in [6.07, 6.45) is 1.71. The fraction of sp³-hybridized carbons (Fsp3) is 0.280. The largest absolute Gasteiger partial charge is 2.00 e. The summed E-state index contributed by atoms with van der Waals surface area (Å²) in [4.78, 5) is 14.3. The Labute approximate surface area is 216 Å². The third-order valence-electron chi connectivity index (χ3n) is 5.41. The maximum Gasteiger partial charge on any atom is 2.00 e. The van der Waals surface area contributed by atoms with Crippen molar-refractivity contribution in [3.05, 3.63) is 83.2 Å². The number of hydrogen-bond donors (Lipinski definition) is 1. The molecule has 0 aliphatic rings. The van der Waals surface area contributed by atoms with Crippen LogP contribution in [0.15, 0.2) is 66.0 Å². The number of H-pyrrole nitrogens is 1. The quantitative estimate of drug-likeness (QED) is 0.367. The van der Waals surface area contributed by atoms with Gasteiger partial charge in [0.05, 0.1) is 33.3 Å². The summed E-state index contributed by atoms with van der Waals surface area (Å²) < 4.78 is 18.9. The van der Waals surface area contributed by atoms with Crippen molar-refractivity contribution in [1.82, 2.24) is 19.9 Å². The number of aryl methyl sites for hydroxylation is 1. The van der Waals surface area contributed by atoms with E-state index in [1.165, 1.54) is 11.1 Å². The van der Waals surface area contributed by atoms with Gasteiger partial charge in [0.2, 0.25) is 0 Å². The molecule has 4 rings (SSSR count). The average molecular weight is 475 g/mol. The van der Waals surface area contributed by atoms with Crippen LogP contribution in [-0.4, -0.2) is 67.3 Å². The second kappa shape index (κ2) is 11.7. The molecular weight excluding hydrogens is 445 g/mol. The normalized spacial score (nSPS) is 12.0. The van der Waals surface area contributed by atoms with Gasteiger partial charge in [-0.05, 0) is 44.7 Å². The Morgan fingerprint density at radius 3 is 2.61 bits per heavy atom. The molecule has 2 aromatic heterocycles. The molecule has 2 heterocycles. The first kappa shape index (κ1) is 25.4. The molecule has 0 radical (unpaired) electrons. The number of fused-ring (bicyclic) bond motifs is 1. The molecule has 0 amide bonds. The predicted octanol–water partition coefficient (Wildman–Crippen LogP) is 4.24. The number of nitrogens with zero attached hydrogens (tertiary/aromatic N) is 3. The first-order chi connectivity index (χ1) is 15.5. The Balaban J connectivity index is 0.00000204. The number of ether oxygens (including phenoxy) is 1. The van der Waals surface area contributed by atoms with Crippen molar-refractivity contribution in [2.75, 3.05) is 20.2 Å². The van der Waals surface area contributed by atoms with E-state index >= 15 is 0 Å². The van der Waals surface area contributed by atoms with Crippen LogP contribution in [0.25, 0.3) is 11.0 Å². The van der Waals surface area contributed by atoms with Crippen molar-refractivity contribution in [3.63, 3.8) is 0 Å². The summed E-state index contributed by atoms with van der Waals surface area (Å²) in [5.74, 6) is 1.07. The van der Waals surface area contributed by atoms with E-state index in [1.807, 2.05) is 37.3 Å². The van der Waals surface area contributed by atoms with Gasteiger partial charge < -0.3 is 12.6 Å². The van der Waals surface area contributed by atoms with Gasteiger partial charge in [-0.25, -0.2) is 4.98 Å². The van der Waals surface area contributed by atoms with Gasteiger partial charge in [0.25, 0.3) is 0 Å². The number of aromatic amines is 1. The molecule has 170 valence electrons. The van der Waals surface area contributed by atoms with Crippen molar-refractivity contribution in [3.8, 4) is 5.75 Å². The molecule has 0 fully saturated rings. The second-order valence-corrected chi connectivity index (χ2v) is 9.37. The van der Waals surface area contributed by atoms with E-state index in [4.69, 9.17) is 4.74 Å². The molecule has 0 aliphatic carbocycles. The molecule has 6 nitrogen and oxygen atoms in total. The van der Waals surface area contributed by atoms with Gasteiger partial charge in [-0.15, -0.1) is 0 Å². The van der Waals surface area contributed by atoms with E-state index in [1.54, 1.807) is 6.20 Å². The number of benzene rings is 2. The molecule has 1 N–H and O–H groups in total. The van der Waals surface area contributed by atoms with Gasteiger partial charge >= 0.3 is 23.1 Å². The van der Waals surface area contributed by atoms with Gasteiger partial charge in [0, 0.05) is 24.8 Å². The summed E-state index contributed by atoms with van der Waals surface area (Å²) in [6, 6.07) is 18.1. The molecule has 0 bridgehead atoms. The number of rotatable bonds is 9. The van der Waals surface area contributed by atoms with Gasteiger partial charge in [-0.2, -0.15) is 0 Å². The van der Waals surface area contributed by atoms with Gasteiger partial charge in [0.15, 0.2) is 5.16 Å². The fourth-order valence-corrected chi connectivity index (χ4v) is 4.59. The molecule has 1 unspecified atom stereocenters.